The Balaban J connectivity index is 2.19. The van der Waals surface area contributed by atoms with E-state index in [2.05, 4.69) is 5.32 Å². The summed E-state index contributed by atoms with van der Waals surface area (Å²) in [5, 5.41) is 11.9. The number of anilines is 1. The second kappa shape index (κ2) is 6.78. The molecule has 1 saturated heterocycles. The molecule has 0 bridgehead atoms. The Morgan fingerprint density at radius 3 is 2.62 bits per heavy atom. The molecule has 1 amide bonds. The average Bonchev–Trinajstić information content (AvgIpc) is 2.49. The highest BCUT2D eigenvalue weighted by atomic mass is 35.5. The predicted octanol–water partition coefficient (Wildman–Crippen LogP) is 2.41. The molecule has 0 aliphatic carbocycles. The lowest BCUT2D eigenvalue weighted by Crippen LogP contribution is -2.28. The maximum Gasteiger partial charge on any atom is 0.339 e. The van der Waals surface area contributed by atoms with Gasteiger partial charge in [0.05, 0.1) is 17.8 Å². The first kappa shape index (κ1) is 15.6. The molecule has 114 valence electrons. The summed E-state index contributed by atoms with van der Waals surface area (Å²) in [5.74, 6) is -1.27. The van der Waals surface area contributed by atoms with Crippen LogP contribution in [0.25, 0.3) is 0 Å². The Morgan fingerprint density at radius 1 is 1.38 bits per heavy atom. The molecule has 0 aromatic heterocycles. The molecule has 2 rings (SSSR count). The van der Waals surface area contributed by atoms with Crippen LogP contribution in [-0.4, -0.2) is 37.3 Å². The second-order valence-electron chi connectivity index (χ2n) is 4.71. The number of carboxylic acid groups (broad SMARTS) is 1. The molecule has 7 heteroatoms. The number of nitrogens with one attached hydrogen (secondary N) is 1. The lowest BCUT2D eigenvalue weighted by atomic mass is 9.99. The number of hydrogen-bond acceptors (Lipinski definition) is 4. The molecule has 6 nitrogen and oxygen atoms in total. The minimum Gasteiger partial charge on any atom is -0.496 e. The van der Waals surface area contributed by atoms with Crippen molar-refractivity contribution in [3.63, 3.8) is 0 Å². The van der Waals surface area contributed by atoms with Gasteiger partial charge in [0.2, 0.25) is 5.91 Å². The molecule has 1 aromatic carbocycles. The maximum absolute atomic E-state index is 12.2. The third kappa shape index (κ3) is 3.65. The van der Waals surface area contributed by atoms with Crippen molar-refractivity contribution < 1.29 is 24.2 Å². The molecule has 0 radical (unpaired) electrons. The fourth-order valence-electron chi connectivity index (χ4n) is 2.18. The van der Waals surface area contributed by atoms with E-state index < -0.39 is 5.97 Å². The van der Waals surface area contributed by atoms with E-state index in [1.54, 1.807) is 0 Å². The zero-order chi connectivity index (χ0) is 15.4. The molecule has 1 fully saturated rings. The third-order valence-electron chi connectivity index (χ3n) is 3.37. The normalized spacial score (nSPS) is 15.5. The van der Waals surface area contributed by atoms with E-state index in [4.69, 9.17) is 26.2 Å². The van der Waals surface area contributed by atoms with Gasteiger partial charge in [0, 0.05) is 25.2 Å². The van der Waals surface area contributed by atoms with Crippen LogP contribution in [0.15, 0.2) is 12.1 Å². The lowest BCUT2D eigenvalue weighted by molar-refractivity contribution is -0.122. The minimum atomic E-state index is -1.14. The summed E-state index contributed by atoms with van der Waals surface area (Å²) >= 11 is 6.03. The first-order chi connectivity index (χ1) is 10.0. The van der Waals surface area contributed by atoms with Gasteiger partial charge in [-0.1, -0.05) is 11.6 Å². The van der Waals surface area contributed by atoms with Gasteiger partial charge in [0.15, 0.2) is 0 Å². The van der Waals surface area contributed by atoms with E-state index in [1.165, 1.54) is 19.2 Å². The quantitative estimate of drug-likeness (QED) is 0.891. The standard InChI is InChI=1S/C14H16ClNO5/c1-20-12-7-11(10(15)6-9(12)14(18)19)16-13(17)8-2-4-21-5-3-8/h6-8H,2-5H2,1H3,(H,16,17)(H,18,19). The zero-order valence-corrected chi connectivity index (χ0v) is 12.3. The van der Waals surface area contributed by atoms with E-state index in [-0.39, 0.29) is 28.2 Å². The summed E-state index contributed by atoms with van der Waals surface area (Å²) in [6.45, 7) is 1.13. The molecule has 0 unspecified atom stereocenters. The zero-order valence-electron chi connectivity index (χ0n) is 11.5. The Labute approximate surface area is 127 Å². The largest absolute Gasteiger partial charge is 0.496 e. The molecule has 1 aliphatic heterocycles. The number of carbonyl (C=O) groups excluding carboxylic acids is 1. The van der Waals surface area contributed by atoms with Crippen molar-refractivity contribution >= 4 is 29.2 Å². The van der Waals surface area contributed by atoms with Crippen LogP contribution in [0.3, 0.4) is 0 Å². The molecule has 1 aliphatic rings. The summed E-state index contributed by atoms with van der Waals surface area (Å²) in [6, 6.07) is 2.69. The topological polar surface area (TPSA) is 84.9 Å². The second-order valence-corrected chi connectivity index (χ2v) is 5.12. The van der Waals surface area contributed by atoms with E-state index in [1.807, 2.05) is 0 Å². The van der Waals surface area contributed by atoms with Crippen molar-refractivity contribution in [2.45, 2.75) is 12.8 Å². The number of hydrogen-bond donors (Lipinski definition) is 2. The van der Waals surface area contributed by atoms with Crippen molar-refractivity contribution in [2.24, 2.45) is 5.92 Å². The van der Waals surface area contributed by atoms with Crippen LogP contribution in [0, 0.1) is 5.92 Å². The molecule has 0 saturated carbocycles. The highest BCUT2D eigenvalue weighted by molar-refractivity contribution is 6.34. The minimum absolute atomic E-state index is 0.0495. The molecule has 0 spiro atoms. The number of aromatic carboxylic acids is 1. The van der Waals surface area contributed by atoms with Gasteiger partial charge >= 0.3 is 5.97 Å². The fraction of sp³-hybridized carbons (Fsp3) is 0.429. The Bertz CT molecular complexity index is 555. The van der Waals surface area contributed by atoms with E-state index in [9.17, 15) is 9.59 Å². The van der Waals surface area contributed by atoms with Crippen molar-refractivity contribution in [1.82, 2.24) is 0 Å². The van der Waals surface area contributed by atoms with Gasteiger partial charge < -0.3 is 19.9 Å². The molecular weight excluding hydrogens is 298 g/mol. The summed E-state index contributed by atoms with van der Waals surface area (Å²) in [4.78, 5) is 23.2. The number of amides is 1. The summed E-state index contributed by atoms with van der Waals surface area (Å²) in [6.07, 6.45) is 1.32. The predicted molar refractivity (Wildman–Crippen MR) is 77.1 cm³/mol. The van der Waals surface area contributed by atoms with Crippen LogP contribution in [-0.2, 0) is 9.53 Å². The number of carbonyl (C=O) groups is 2. The lowest BCUT2D eigenvalue weighted by Gasteiger charge is -2.21. The Hall–Kier alpha value is -1.79. The van der Waals surface area contributed by atoms with Crippen LogP contribution < -0.4 is 10.1 Å². The van der Waals surface area contributed by atoms with Gasteiger partial charge in [-0.15, -0.1) is 0 Å². The Morgan fingerprint density at radius 2 is 2.05 bits per heavy atom. The number of carboxylic acids is 1. The Kier molecular flexibility index (Phi) is 5.03. The maximum atomic E-state index is 12.2. The summed E-state index contributed by atoms with van der Waals surface area (Å²) in [7, 11) is 1.36. The van der Waals surface area contributed by atoms with E-state index >= 15 is 0 Å². The number of benzene rings is 1. The monoisotopic (exact) mass is 313 g/mol. The van der Waals surface area contributed by atoms with Crippen molar-refractivity contribution in [3.8, 4) is 5.75 Å². The van der Waals surface area contributed by atoms with Crippen LogP contribution >= 0.6 is 11.6 Å². The smallest absolute Gasteiger partial charge is 0.339 e. The van der Waals surface area contributed by atoms with E-state index in [0.717, 1.165) is 0 Å². The molecular formula is C14H16ClNO5. The number of rotatable bonds is 4. The number of ether oxygens (including phenoxy) is 2. The fourth-order valence-corrected chi connectivity index (χ4v) is 2.39. The van der Waals surface area contributed by atoms with Crippen molar-refractivity contribution in [2.75, 3.05) is 25.6 Å². The van der Waals surface area contributed by atoms with Crippen LogP contribution in [0.2, 0.25) is 5.02 Å². The van der Waals surface area contributed by atoms with Crippen molar-refractivity contribution in [1.29, 1.82) is 0 Å². The molecule has 2 N–H and O–H groups in total. The number of methoxy groups -OCH3 is 1. The van der Waals surface area contributed by atoms with Crippen LogP contribution in [0.5, 0.6) is 5.75 Å². The van der Waals surface area contributed by atoms with Crippen LogP contribution in [0.4, 0.5) is 5.69 Å². The number of halogens is 1. The third-order valence-corrected chi connectivity index (χ3v) is 3.68. The van der Waals surface area contributed by atoms with Crippen LogP contribution in [0.1, 0.15) is 23.2 Å². The molecule has 21 heavy (non-hydrogen) atoms. The van der Waals surface area contributed by atoms with Gasteiger partial charge in [-0.05, 0) is 18.9 Å². The van der Waals surface area contributed by atoms with Gasteiger partial charge in [0.1, 0.15) is 11.3 Å². The molecule has 1 heterocycles. The van der Waals surface area contributed by atoms with Gasteiger partial charge in [-0.25, -0.2) is 4.79 Å². The SMILES string of the molecule is COc1cc(NC(=O)C2CCOCC2)c(Cl)cc1C(=O)O. The highest BCUT2D eigenvalue weighted by Gasteiger charge is 2.23. The van der Waals surface area contributed by atoms with Crippen molar-refractivity contribution in [3.05, 3.63) is 22.7 Å². The van der Waals surface area contributed by atoms with Gasteiger partial charge in [0.25, 0.3) is 0 Å². The molecule has 1 aromatic rings. The first-order valence-corrected chi connectivity index (χ1v) is 6.90. The highest BCUT2D eigenvalue weighted by Crippen LogP contribution is 2.31. The summed E-state index contributed by atoms with van der Waals surface area (Å²) in [5.41, 5.74) is 0.293. The van der Waals surface area contributed by atoms with Gasteiger partial charge in [-0.2, -0.15) is 0 Å². The van der Waals surface area contributed by atoms with E-state index in [0.29, 0.717) is 31.7 Å². The van der Waals surface area contributed by atoms with Gasteiger partial charge in [-0.3, -0.25) is 4.79 Å². The molecule has 0 atom stereocenters. The summed E-state index contributed by atoms with van der Waals surface area (Å²) < 4.78 is 10.2. The first-order valence-electron chi connectivity index (χ1n) is 6.52. The average molecular weight is 314 g/mol.